The molecule has 52 heavy (non-hydrogen) atoms. The Morgan fingerprint density at radius 2 is 0.923 bits per heavy atom. The Bertz CT molecular complexity index is 2870. The summed E-state index contributed by atoms with van der Waals surface area (Å²) in [5, 5.41) is 13.5. The van der Waals surface area contributed by atoms with Crippen molar-refractivity contribution in [2.24, 2.45) is 9.98 Å². The summed E-state index contributed by atoms with van der Waals surface area (Å²) in [6.45, 7) is 0. The molecule has 9 aromatic rings. The van der Waals surface area contributed by atoms with Crippen molar-refractivity contribution in [1.82, 2.24) is 5.32 Å². The van der Waals surface area contributed by atoms with E-state index in [2.05, 4.69) is 187 Å². The topological polar surface area (TPSA) is 36.8 Å². The van der Waals surface area contributed by atoms with Crippen LogP contribution in [0.15, 0.2) is 198 Å². The molecule has 0 saturated heterocycles. The first kappa shape index (κ1) is 30.0. The minimum absolute atomic E-state index is 0.337. The Balaban J connectivity index is 1.10. The Kier molecular flexibility index (Phi) is 7.21. The van der Waals surface area contributed by atoms with Gasteiger partial charge in [-0.15, -0.1) is 0 Å². The lowest BCUT2D eigenvalue weighted by Crippen LogP contribution is -2.33. The van der Waals surface area contributed by atoms with Crippen molar-refractivity contribution in [3.63, 3.8) is 0 Å². The predicted octanol–water partition coefficient (Wildman–Crippen LogP) is 12.1. The number of amidine groups is 2. The van der Waals surface area contributed by atoms with Gasteiger partial charge in [0.05, 0.1) is 0 Å². The first-order valence-electron chi connectivity index (χ1n) is 17.8. The molecule has 244 valence electrons. The fraction of sp³-hybridized carbons (Fsp3) is 0.0204. The normalized spacial score (nSPS) is 14.3. The molecule has 0 saturated carbocycles. The number of benzene rings is 9. The van der Waals surface area contributed by atoms with E-state index in [0.717, 1.165) is 33.5 Å². The van der Waals surface area contributed by atoms with Gasteiger partial charge in [-0.2, -0.15) is 0 Å². The maximum Gasteiger partial charge on any atom is 0.159 e. The summed E-state index contributed by atoms with van der Waals surface area (Å²) in [5.74, 6) is 1.52. The fourth-order valence-corrected chi connectivity index (χ4v) is 7.69. The van der Waals surface area contributed by atoms with Gasteiger partial charge in [-0.05, 0) is 95.7 Å². The van der Waals surface area contributed by atoms with E-state index in [1.54, 1.807) is 0 Å². The highest BCUT2D eigenvalue weighted by atomic mass is 15.2. The Morgan fingerprint density at radius 1 is 0.365 bits per heavy atom. The van der Waals surface area contributed by atoms with Crippen LogP contribution < -0.4 is 5.32 Å². The van der Waals surface area contributed by atoms with E-state index in [4.69, 9.17) is 9.98 Å². The number of nitrogens with zero attached hydrogens (tertiary/aromatic N) is 2. The van der Waals surface area contributed by atoms with E-state index in [0.29, 0.717) is 5.84 Å². The van der Waals surface area contributed by atoms with Gasteiger partial charge in [-0.3, -0.25) is 0 Å². The Hall–Kier alpha value is -6.84. The molecule has 0 aliphatic carbocycles. The average molecular weight is 664 g/mol. The number of aliphatic imine (C=N–C) groups is 2. The van der Waals surface area contributed by atoms with E-state index >= 15 is 0 Å². The van der Waals surface area contributed by atoms with E-state index in [9.17, 15) is 0 Å². The predicted molar refractivity (Wildman–Crippen MR) is 219 cm³/mol. The second-order valence-electron chi connectivity index (χ2n) is 13.4. The molecule has 3 heteroatoms. The van der Waals surface area contributed by atoms with Crippen LogP contribution in [0.2, 0.25) is 0 Å². The van der Waals surface area contributed by atoms with Gasteiger partial charge in [0.1, 0.15) is 12.0 Å². The number of rotatable bonds is 5. The lowest BCUT2D eigenvalue weighted by Gasteiger charge is -2.25. The molecule has 0 aromatic heterocycles. The molecule has 1 N–H and O–H groups in total. The SMILES string of the molecule is c1ccc(C2=NC(c3ccc4cc(-c5cc6ccccc6c6ccccc56)ccc4c3)=NC(c3cc(-c4ccccc4)cc4ccccc34)N2)cc1. The largest absolute Gasteiger partial charge is 0.344 e. The zero-order valence-corrected chi connectivity index (χ0v) is 28.4. The monoisotopic (exact) mass is 663 g/mol. The Labute approximate surface area is 302 Å². The molecular formula is C49H33N3. The van der Waals surface area contributed by atoms with Gasteiger partial charge in [0.15, 0.2) is 5.84 Å². The smallest absolute Gasteiger partial charge is 0.159 e. The number of hydrogen-bond donors (Lipinski definition) is 1. The highest BCUT2D eigenvalue weighted by Gasteiger charge is 2.23. The van der Waals surface area contributed by atoms with Crippen LogP contribution in [0, 0.1) is 0 Å². The summed E-state index contributed by atoms with van der Waals surface area (Å²) in [7, 11) is 0. The van der Waals surface area contributed by atoms with Crippen LogP contribution in [0.3, 0.4) is 0 Å². The van der Waals surface area contributed by atoms with E-state index in [-0.39, 0.29) is 6.17 Å². The molecule has 0 spiro atoms. The highest BCUT2D eigenvalue weighted by Crippen LogP contribution is 2.37. The molecule has 1 aliphatic rings. The molecule has 1 aliphatic heterocycles. The minimum atomic E-state index is -0.337. The molecule has 10 rings (SSSR count). The molecule has 3 nitrogen and oxygen atoms in total. The second-order valence-corrected chi connectivity index (χ2v) is 13.4. The van der Waals surface area contributed by atoms with Crippen LogP contribution in [-0.4, -0.2) is 11.7 Å². The van der Waals surface area contributed by atoms with Crippen LogP contribution in [-0.2, 0) is 0 Å². The fourth-order valence-electron chi connectivity index (χ4n) is 7.69. The van der Waals surface area contributed by atoms with Gasteiger partial charge in [-0.25, -0.2) is 9.98 Å². The molecule has 0 radical (unpaired) electrons. The van der Waals surface area contributed by atoms with Crippen LogP contribution >= 0.6 is 0 Å². The summed E-state index contributed by atoms with van der Waals surface area (Å²) < 4.78 is 0. The summed E-state index contributed by atoms with van der Waals surface area (Å²) in [5.41, 5.74) is 7.92. The van der Waals surface area contributed by atoms with Crippen molar-refractivity contribution >= 4 is 54.8 Å². The summed E-state index contributed by atoms with van der Waals surface area (Å²) in [6, 6.07) is 67.1. The van der Waals surface area contributed by atoms with E-state index in [1.807, 2.05) is 6.07 Å². The average Bonchev–Trinajstić information content (AvgIpc) is 3.23. The Morgan fingerprint density at radius 3 is 1.67 bits per heavy atom. The molecule has 1 atom stereocenters. The standard InChI is InChI=1S/C49H33N3/c1-3-13-32(14-4-1)40-29-36-17-7-10-20-42(36)46(31-40)49-51-47(33-15-5-2-6-16-33)50-48(52-49)39-26-24-34-27-38(25-23-35(34)28-39)45-30-37-18-8-9-19-41(37)43-21-11-12-22-44(43)45/h1-31,49H,(H,50,51,52). The van der Waals surface area contributed by atoms with Crippen LogP contribution in [0.5, 0.6) is 0 Å². The molecule has 1 heterocycles. The zero-order chi connectivity index (χ0) is 34.4. The second kappa shape index (κ2) is 12.5. The maximum atomic E-state index is 5.34. The molecule has 1 unspecified atom stereocenters. The van der Waals surface area contributed by atoms with Gasteiger partial charge >= 0.3 is 0 Å². The van der Waals surface area contributed by atoms with Crippen molar-refractivity contribution in [2.45, 2.75) is 6.17 Å². The van der Waals surface area contributed by atoms with Gasteiger partial charge in [0.2, 0.25) is 0 Å². The van der Waals surface area contributed by atoms with Gasteiger partial charge < -0.3 is 5.32 Å². The third-order valence-corrected chi connectivity index (χ3v) is 10.3. The maximum absolute atomic E-state index is 5.34. The lowest BCUT2D eigenvalue weighted by molar-refractivity contribution is 0.680. The summed E-state index contributed by atoms with van der Waals surface area (Å²) in [4.78, 5) is 10.5. The molecular weight excluding hydrogens is 631 g/mol. The van der Waals surface area contributed by atoms with Gasteiger partial charge in [0, 0.05) is 16.7 Å². The van der Waals surface area contributed by atoms with Crippen molar-refractivity contribution in [2.75, 3.05) is 0 Å². The van der Waals surface area contributed by atoms with E-state index < -0.39 is 0 Å². The molecule has 0 fully saturated rings. The van der Waals surface area contributed by atoms with E-state index in [1.165, 1.54) is 54.4 Å². The number of hydrogen-bond acceptors (Lipinski definition) is 3. The first-order valence-corrected chi connectivity index (χ1v) is 17.8. The van der Waals surface area contributed by atoms with Crippen molar-refractivity contribution in [1.29, 1.82) is 0 Å². The number of fused-ring (bicyclic) bond motifs is 5. The molecule has 0 bridgehead atoms. The summed E-state index contributed by atoms with van der Waals surface area (Å²) in [6.07, 6.45) is -0.337. The van der Waals surface area contributed by atoms with Crippen LogP contribution in [0.25, 0.3) is 65.3 Å². The lowest BCUT2D eigenvalue weighted by atomic mass is 9.92. The van der Waals surface area contributed by atoms with Crippen molar-refractivity contribution < 1.29 is 0 Å². The molecule has 9 aromatic carbocycles. The first-order chi connectivity index (χ1) is 25.7. The summed E-state index contributed by atoms with van der Waals surface area (Å²) >= 11 is 0. The quantitative estimate of drug-likeness (QED) is 0.183. The van der Waals surface area contributed by atoms with Crippen molar-refractivity contribution in [3.8, 4) is 22.3 Å². The highest BCUT2D eigenvalue weighted by molar-refractivity contribution is 6.16. The minimum Gasteiger partial charge on any atom is -0.344 e. The van der Waals surface area contributed by atoms with Gasteiger partial charge in [0.25, 0.3) is 0 Å². The van der Waals surface area contributed by atoms with Crippen LogP contribution in [0.1, 0.15) is 22.9 Å². The van der Waals surface area contributed by atoms with Crippen molar-refractivity contribution in [3.05, 3.63) is 205 Å². The van der Waals surface area contributed by atoms with Crippen LogP contribution in [0.4, 0.5) is 0 Å². The third kappa shape index (κ3) is 5.31. The zero-order valence-electron chi connectivity index (χ0n) is 28.4. The third-order valence-electron chi connectivity index (χ3n) is 10.3. The molecule has 0 amide bonds. The van der Waals surface area contributed by atoms with Gasteiger partial charge in [-0.1, -0.05) is 158 Å². The number of nitrogens with one attached hydrogen (secondary N) is 1.